The molecule has 0 saturated carbocycles. The number of nitrogens with zero attached hydrogens (tertiary/aromatic N) is 3. The van der Waals surface area contributed by atoms with Crippen LogP contribution in [0.25, 0.3) is 20.7 Å². The van der Waals surface area contributed by atoms with E-state index in [9.17, 15) is 0 Å². The third-order valence-electron chi connectivity index (χ3n) is 3.73. The van der Waals surface area contributed by atoms with Gasteiger partial charge in [0.25, 0.3) is 0 Å². The Morgan fingerprint density at radius 3 is 2.84 bits per heavy atom. The molecular weight excluding hydrogens is 372 g/mol. The largest absolute Gasteiger partial charge is 0.260 e. The van der Waals surface area contributed by atoms with Crippen molar-refractivity contribution >= 4 is 56.5 Å². The molecule has 4 aromatic rings. The number of halogens is 1. The maximum atomic E-state index is 6.37. The van der Waals surface area contributed by atoms with Crippen molar-refractivity contribution in [2.45, 2.75) is 6.92 Å². The summed E-state index contributed by atoms with van der Waals surface area (Å²) in [4.78, 5) is 11.0. The number of fused-ring (bicyclic) bond motifs is 1. The van der Waals surface area contributed by atoms with Crippen molar-refractivity contribution in [3.05, 3.63) is 63.6 Å². The smallest absolute Gasteiger partial charge is 0.167 e. The van der Waals surface area contributed by atoms with E-state index in [-0.39, 0.29) is 0 Å². The van der Waals surface area contributed by atoms with Crippen LogP contribution >= 0.6 is 34.3 Å². The van der Waals surface area contributed by atoms with Crippen molar-refractivity contribution in [3.8, 4) is 10.4 Å². The summed E-state index contributed by atoms with van der Waals surface area (Å²) < 4.78 is 0.971. The second-order valence-corrected chi connectivity index (χ2v) is 7.73. The Kier molecular flexibility index (Phi) is 4.48. The number of rotatable bonds is 4. The van der Waals surface area contributed by atoms with Gasteiger partial charge in [0.2, 0.25) is 0 Å². The summed E-state index contributed by atoms with van der Waals surface area (Å²) in [5.74, 6) is 0.698. The lowest BCUT2D eigenvalue weighted by Crippen LogP contribution is -1.93. The molecule has 1 aromatic carbocycles. The van der Waals surface area contributed by atoms with Gasteiger partial charge in [-0.15, -0.1) is 22.7 Å². The zero-order valence-corrected chi connectivity index (χ0v) is 15.6. The topological polar surface area (TPSA) is 50.2 Å². The van der Waals surface area contributed by atoms with Gasteiger partial charge in [0.05, 0.1) is 16.4 Å². The quantitative estimate of drug-likeness (QED) is 0.356. The average Bonchev–Trinajstić information content (AvgIpc) is 3.25. The van der Waals surface area contributed by atoms with E-state index >= 15 is 0 Å². The van der Waals surface area contributed by atoms with Crippen LogP contribution in [-0.4, -0.2) is 16.2 Å². The number of anilines is 1. The predicted molar refractivity (Wildman–Crippen MR) is 108 cm³/mol. The Morgan fingerprint density at radius 2 is 2.04 bits per heavy atom. The highest BCUT2D eigenvalue weighted by atomic mass is 35.5. The van der Waals surface area contributed by atoms with E-state index in [0.29, 0.717) is 5.82 Å². The van der Waals surface area contributed by atoms with Crippen molar-refractivity contribution in [3.63, 3.8) is 0 Å². The van der Waals surface area contributed by atoms with Crippen molar-refractivity contribution in [2.75, 3.05) is 5.43 Å². The molecule has 0 aliphatic rings. The number of aryl methyl sites for hydroxylation is 1. The lowest BCUT2D eigenvalue weighted by Gasteiger charge is -2.01. The average molecular weight is 385 g/mol. The summed E-state index contributed by atoms with van der Waals surface area (Å²) in [7, 11) is 0. The van der Waals surface area contributed by atoms with Gasteiger partial charge in [-0.05, 0) is 30.0 Å². The molecule has 0 unspecified atom stereocenters. The standard InChI is InChI=1S/C18H13ClN4S2/c1-11-15-17(25-16(11)13-6-2-3-7-14(13)19)18(21-10-20-15)23-22-9-12-5-4-8-24-12/h2-10H,1H3,(H,20,21,23). The lowest BCUT2D eigenvalue weighted by atomic mass is 10.1. The molecular formula is C18H13ClN4S2. The predicted octanol–water partition coefficient (Wildman–Crippen LogP) is 5.83. The minimum atomic E-state index is 0.698. The first-order valence-electron chi connectivity index (χ1n) is 7.55. The molecule has 0 aliphatic carbocycles. The van der Waals surface area contributed by atoms with Crippen LogP contribution < -0.4 is 5.43 Å². The van der Waals surface area contributed by atoms with Crippen LogP contribution in [0.4, 0.5) is 5.82 Å². The Hall–Kier alpha value is -2.28. The van der Waals surface area contributed by atoms with Crippen molar-refractivity contribution in [2.24, 2.45) is 5.10 Å². The molecule has 0 atom stereocenters. The molecule has 124 valence electrons. The molecule has 0 saturated heterocycles. The number of thiophene rings is 2. The molecule has 0 amide bonds. The first kappa shape index (κ1) is 16.2. The molecule has 0 radical (unpaired) electrons. The Bertz CT molecular complexity index is 1050. The fourth-order valence-corrected chi connectivity index (χ4v) is 4.64. The van der Waals surface area contributed by atoms with Gasteiger partial charge in [-0.3, -0.25) is 5.43 Å². The fourth-order valence-electron chi connectivity index (χ4n) is 2.53. The van der Waals surface area contributed by atoms with E-state index < -0.39 is 0 Å². The Morgan fingerprint density at radius 1 is 1.16 bits per heavy atom. The van der Waals surface area contributed by atoms with E-state index in [4.69, 9.17) is 11.6 Å². The normalized spacial score (nSPS) is 11.4. The second kappa shape index (κ2) is 6.92. The zero-order valence-electron chi connectivity index (χ0n) is 13.2. The van der Waals surface area contributed by atoms with Gasteiger partial charge in [0, 0.05) is 20.3 Å². The molecule has 3 heterocycles. The third-order valence-corrected chi connectivity index (χ3v) is 6.19. The second-order valence-electron chi connectivity index (χ2n) is 5.32. The SMILES string of the molecule is Cc1c(-c2ccccc2Cl)sc2c(NN=Cc3cccs3)ncnc12. The van der Waals surface area contributed by atoms with Gasteiger partial charge in [-0.2, -0.15) is 5.10 Å². The number of hydrogen-bond donors (Lipinski definition) is 1. The highest BCUT2D eigenvalue weighted by Crippen LogP contribution is 2.41. The van der Waals surface area contributed by atoms with Crippen LogP contribution in [0.15, 0.2) is 53.2 Å². The van der Waals surface area contributed by atoms with Gasteiger partial charge in [-0.1, -0.05) is 35.9 Å². The molecule has 4 rings (SSSR count). The first-order valence-corrected chi connectivity index (χ1v) is 9.63. The van der Waals surface area contributed by atoms with E-state index in [0.717, 1.165) is 36.1 Å². The van der Waals surface area contributed by atoms with Gasteiger partial charge in [-0.25, -0.2) is 9.97 Å². The monoisotopic (exact) mass is 384 g/mol. The number of benzene rings is 1. The summed E-state index contributed by atoms with van der Waals surface area (Å²) >= 11 is 9.63. The summed E-state index contributed by atoms with van der Waals surface area (Å²) in [5, 5.41) is 7.04. The Balaban J connectivity index is 1.75. The van der Waals surface area contributed by atoms with Crippen molar-refractivity contribution in [1.82, 2.24) is 9.97 Å². The maximum absolute atomic E-state index is 6.37. The Labute approximate surface area is 157 Å². The van der Waals surface area contributed by atoms with Gasteiger partial charge >= 0.3 is 0 Å². The van der Waals surface area contributed by atoms with Crippen LogP contribution in [0.1, 0.15) is 10.4 Å². The molecule has 0 bridgehead atoms. The van der Waals surface area contributed by atoms with Crippen LogP contribution in [0, 0.1) is 6.92 Å². The fraction of sp³-hybridized carbons (Fsp3) is 0.0556. The number of hydrazone groups is 1. The molecule has 0 aliphatic heterocycles. The molecule has 1 N–H and O–H groups in total. The molecule has 0 spiro atoms. The van der Waals surface area contributed by atoms with Crippen LogP contribution in [0.5, 0.6) is 0 Å². The first-order chi connectivity index (χ1) is 12.2. The minimum Gasteiger partial charge on any atom is -0.260 e. The third kappa shape index (κ3) is 3.16. The van der Waals surface area contributed by atoms with Gasteiger partial charge in [0.1, 0.15) is 6.33 Å². The molecule has 7 heteroatoms. The van der Waals surface area contributed by atoms with Crippen LogP contribution in [0.2, 0.25) is 5.02 Å². The van der Waals surface area contributed by atoms with E-state index in [1.165, 1.54) is 0 Å². The van der Waals surface area contributed by atoms with Crippen molar-refractivity contribution < 1.29 is 0 Å². The molecule has 4 nitrogen and oxygen atoms in total. The van der Waals surface area contributed by atoms with E-state index in [1.54, 1.807) is 35.2 Å². The van der Waals surface area contributed by atoms with E-state index in [1.807, 2.05) is 41.8 Å². The molecule has 3 aromatic heterocycles. The number of hydrogen-bond acceptors (Lipinski definition) is 6. The zero-order chi connectivity index (χ0) is 17.2. The summed E-state index contributed by atoms with van der Waals surface area (Å²) in [6.45, 7) is 2.06. The van der Waals surface area contributed by atoms with Gasteiger partial charge < -0.3 is 0 Å². The lowest BCUT2D eigenvalue weighted by molar-refractivity contribution is 1.18. The number of aromatic nitrogens is 2. The summed E-state index contributed by atoms with van der Waals surface area (Å²) in [5.41, 5.74) is 6.06. The van der Waals surface area contributed by atoms with Gasteiger partial charge in [0.15, 0.2) is 5.82 Å². The van der Waals surface area contributed by atoms with Crippen molar-refractivity contribution in [1.29, 1.82) is 0 Å². The van der Waals surface area contributed by atoms with Crippen LogP contribution in [-0.2, 0) is 0 Å². The number of nitrogens with one attached hydrogen (secondary N) is 1. The summed E-state index contributed by atoms with van der Waals surface area (Å²) in [6, 6.07) is 11.8. The highest BCUT2D eigenvalue weighted by Gasteiger charge is 2.16. The molecule has 0 fully saturated rings. The van der Waals surface area contributed by atoms with Crippen LogP contribution in [0.3, 0.4) is 0 Å². The highest BCUT2D eigenvalue weighted by molar-refractivity contribution is 7.23. The molecule has 25 heavy (non-hydrogen) atoms. The minimum absolute atomic E-state index is 0.698. The van der Waals surface area contributed by atoms with E-state index in [2.05, 4.69) is 27.4 Å². The maximum Gasteiger partial charge on any atom is 0.167 e. The summed E-state index contributed by atoms with van der Waals surface area (Å²) in [6.07, 6.45) is 3.34.